The zero-order valence-corrected chi connectivity index (χ0v) is 7.97. The molecule has 3 nitrogen and oxygen atoms in total. The first-order valence-electron chi connectivity index (χ1n) is 3.55. The molecule has 2 aromatic rings. The van der Waals surface area contributed by atoms with Crippen molar-refractivity contribution in [1.29, 1.82) is 0 Å². The van der Waals surface area contributed by atoms with E-state index in [0.717, 1.165) is 5.39 Å². The minimum atomic E-state index is 0.229. The summed E-state index contributed by atoms with van der Waals surface area (Å²) in [4.78, 5) is 7.90. The van der Waals surface area contributed by atoms with E-state index in [0.29, 0.717) is 10.5 Å². The number of rotatable bonds is 0. The molecule has 5 heteroatoms. The number of nitrogen functional groups attached to an aromatic ring is 1. The maximum absolute atomic E-state index is 5.91. The summed E-state index contributed by atoms with van der Waals surface area (Å²) in [5.41, 5.74) is 6.10. The topological polar surface area (TPSA) is 51.8 Å². The van der Waals surface area contributed by atoms with Crippen molar-refractivity contribution in [3.63, 3.8) is 0 Å². The summed E-state index contributed by atoms with van der Waals surface area (Å²) in [5, 5.41) is 1.40. The Bertz CT molecular complexity index is 470. The summed E-state index contributed by atoms with van der Waals surface area (Å²) >= 11 is 11.7. The second-order valence-electron chi connectivity index (χ2n) is 2.50. The summed E-state index contributed by atoms with van der Waals surface area (Å²) in [7, 11) is 0. The van der Waals surface area contributed by atoms with E-state index < -0.39 is 0 Å². The Morgan fingerprint density at radius 3 is 2.85 bits per heavy atom. The van der Waals surface area contributed by atoms with Crippen LogP contribution in [0.1, 0.15) is 0 Å². The fourth-order valence-electron chi connectivity index (χ4n) is 1.09. The maximum atomic E-state index is 5.91. The predicted octanol–water partition coefficient (Wildman–Crippen LogP) is 2.52. The molecule has 2 aromatic heterocycles. The zero-order valence-electron chi connectivity index (χ0n) is 6.46. The minimum Gasteiger partial charge on any atom is -0.382 e. The van der Waals surface area contributed by atoms with Gasteiger partial charge in [0.1, 0.15) is 11.3 Å². The molecular weight excluding hydrogens is 209 g/mol. The van der Waals surface area contributed by atoms with E-state index in [2.05, 4.69) is 9.97 Å². The van der Waals surface area contributed by atoms with Crippen LogP contribution in [-0.4, -0.2) is 9.97 Å². The van der Waals surface area contributed by atoms with Gasteiger partial charge in [-0.05, 0) is 12.1 Å². The van der Waals surface area contributed by atoms with Crippen molar-refractivity contribution in [1.82, 2.24) is 9.97 Å². The lowest BCUT2D eigenvalue weighted by atomic mass is 10.2. The van der Waals surface area contributed by atoms with Crippen molar-refractivity contribution in [2.24, 2.45) is 0 Å². The van der Waals surface area contributed by atoms with Gasteiger partial charge in [0.2, 0.25) is 0 Å². The van der Waals surface area contributed by atoms with Gasteiger partial charge in [-0.1, -0.05) is 23.2 Å². The van der Waals surface area contributed by atoms with Gasteiger partial charge in [-0.15, -0.1) is 0 Å². The molecule has 0 aliphatic rings. The fraction of sp³-hybridized carbons (Fsp3) is 0. The third-order valence-electron chi connectivity index (χ3n) is 1.68. The number of nitrogens with zero attached hydrogens (tertiary/aromatic N) is 2. The molecular formula is C8H5Cl2N3. The first-order valence-corrected chi connectivity index (χ1v) is 4.31. The lowest BCUT2D eigenvalue weighted by Crippen LogP contribution is -1.94. The van der Waals surface area contributed by atoms with E-state index >= 15 is 0 Å². The Morgan fingerprint density at radius 1 is 1.31 bits per heavy atom. The number of hydrogen-bond acceptors (Lipinski definition) is 3. The highest BCUT2D eigenvalue weighted by atomic mass is 35.5. The predicted molar refractivity (Wildman–Crippen MR) is 54.0 cm³/mol. The van der Waals surface area contributed by atoms with Crippen LogP contribution in [0.3, 0.4) is 0 Å². The Kier molecular flexibility index (Phi) is 1.98. The molecule has 0 aliphatic carbocycles. The smallest absolute Gasteiger partial charge is 0.157 e. The Balaban J connectivity index is 2.97. The van der Waals surface area contributed by atoms with Crippen LogP contribution >= 0.6 is 23.2 Å². The van der Waals surface area contributed by atoms with Crippen molar-refractivity contribution in [2.75, 3.05) is 5.73 Å². The normalized spacial score (nSPS) is 10.6. The molecule has 0 saturated carbocycles. The first kappa shape index (κ1) is 8.53. The second-order valence-corrected chi connectivity index (χ2v) is 3.24. The number of aromatic nitrogens is 2. The number of halogens is 2. The summed E-state index contributed by atoms with van der Waals surface area (Å²) in [6, 6.07) is 3.57. The second kappa shape index (κ2) is 3.01. The average molecular weight is 214 g/mol. The number of hydrogen-bond donors (Lipinski definition) is 1. The molecule has 0 aliphatic heterocycles. The minimum absolute atomic E-state index is 0.229. The van der Waals surface area contributed by atoms with Gasteiger partial charge in [0.05, 0.1) is 5.02 Å². The molecule has 0 spiro atoms. The number of pyridine rings is 2. The molecule has 2 heterocycles. The quantitative estimate of drug-likeness (QED) is 0.685. The highest BCUT2D eigenvalue weighted by molar-refractivity contribution is 6.40. The van der Waals surface area contributed by atoms with Crippen molar-refractivity contribution in [3.8, 4) is 0 Å². The summed E-state index contributed by atoms with van der Waals surface area (Å²) in [6.07, 6.45) is 1.63. The SMILES string of the molecule is Nc1nc(Cl)c2ncccc2c1Cl. The number of fused-ring (bicyclic) bond motifs is 1. The van der Waals surface area contributed by atoms with Gasteiger partial charge in [-0.3, -0.25) is 4.98 Å². The van der Waals surface area contributed by atoms with Crippen LogP contribution in [0.5, 0.6) is 0 Å². The van der Waals surface area contributed by atoms with Crippen molar-refractivity contribution in [2.45, 2.75) is 0 Å². The van der Waals surface area contributed by atoms with Gasteiger partial charge in [0.25, 0.3) is 0 Å². The van der Waals surface area contributed by atoms with Crippen molar-refractivity contribution >= 4 is 39.9 Å². The molecule has 66 valence electrons. The number of anilines is 1. The van der Waals surface area contributed by atoms with Gasteiger partial charge >= 0.3 is 0 Å². The fourth-order valence-corrected chi connectivity index (χ4v) is 1.53. The van der Waals surface area contributed by atoms with Gasteiger partial charge < -0.3 is 5.73 Å². The lowest BCUT2D eigenvalue weighted by Gasteiger charge is -2.03. The zero-order chi connectivity index (χ0) is 9.42. The van der Waals surface area contributed by atoms with E-state index in [9.17, 15) is 0 Å². The molecule has 0 saturated heterocycles. The van der Waals surface area contributed by atoms with E-state index in [1.54, 1.807) is 18.3 Å². The van der Waals surface area contributed by atoms with Crippen molar-refractivity contribution in [3.05, 3.63) is 28.5 Å². The van der Waals surface area contributed by atoms with Gasteiger partial charge in [0, 0.05) is 11.6 Å². The Morgan fingerprint density at radius 2 is 2.08 bits per heavy atom. The highest BCUT2D eigenvalue weighted by Gasteiger charge is 2.08. The molecule has 0 atom stereocenters. The molecule has 0 amide bonds. The maximum Gasteiger partial charge on any atom is 0.157 e. The van der Waals surface area contributed by atoms with Crippen molar-refractivity contribution < 1.29 is 0 Å². The number of nitrogens with two attached hydrogens (primary N) is 1. The monoisotopic (exact) mass is 213 g/mol. The summed E-state index contributed by atoms with van der Waals surface area (Å²) in [5.74, 6) is 0.229. The molecule has 0 unspecified atom stereocenters. The van der Waals surface area contributed by atoms with Crippen LogP contribution in [0.15, 0.2) is 18.3 Å². The van der Waals surface area contributed by atoms with Gasteiger partial charge in [0.15, 0.2) is 5.15 Å². The third-order valence-corrected chi connectivity index (χ3v) is 2.34. The largest absolute Gasteiger partial charge is 0.382 e. The first-order chi connectivity index (χ1) is 6.20. The van der Waals surface area contributed by atoms with E-state index in [1.807, 2.05) is 0 Å². The van der Waals surface area contributed by atoms with Crippen LogP contribution < -0.4 is 5.73 Å². The Hall–Kier alpha value is -1.06. The molecule has 0 fully saturated rings. The van der Waals surface area contributed by atoms with Gasteiger partial charge in [-0.2, -0.15) is 0 Å². The van der Waals surface area contributed by atoms with Crippen LogP contribution in [0, 0.1) is 0 Å². The molecule has 13 heavy (non-hydrogen) atoms. The molecule has 0 radical (unpaired) electrons. The molecule has 0 bridgehead atoms. The van der Waals surface area contributed by atoms with E-state index in [4.69, 9.17) is 28.9 Å². The van der Waals surface area contributed by atoms with Crippen LogP contribution in [0.4, 0.5) is 5.82 Å². The van der Waals surface area contributed by atoms with E-state index in [-0.39, 0.29) is 11.0 Å². The summed E-state index contributed by atoms with van der Waals surface area (Å²) < 4.78 is 0. The van der Waals surface area contributed by atoms with E-state index in [1.165, 1.54) is 0 Å². The van der Waals surface area contributed by atoms with Crippen LogP contribution in [0.2, 0.25) is 10.2 Å². The lowest BCUT2D eigenvalue weighted by molar-refractivity contribution is 1.32. The third kappa shape index (κ3) is 1.30. The molecule has 2 rings (SSSR count). The van der Waals surface area contributed by atoms with Crippen LogP contribution in [0.25, 0.3) is 10.9 Å². The Labute approximate surface area is 84.5 Å². The molecule has 2 N–H and O–H groups in total. The average Bonchev–Trinajstić information content (AvgIpc) is 2.15. The molecule has 0 aromatic carbocycles. The standard InChI is InChI=1S/C8H5Cl2N3/c9-5-4-2-1-3-12-6(4)7(10)13-8(5)11/h1-3H,(H2,11,13). The van der Waals surface area contributed by atoms with Gasteiger partial charge in [-0.25, -0.2) is 4.98 Å². The van der Waals surface area contributed by atoms with Crippen LogP contribution in [-0.2, 0) is 0 Å². The summed E-state index contributed by atoms with van der Waals surface area (Å²) in [6.45, 7) is 0. The highest BCUT2D eigenvalue weighted by Crippen LogP contribution is 2.30.